The van der Waals surface area contributed by atoms with Crippen LogP contribution in [0, 0.1) is 24.1 Å². The van der Waals surface area contributed by atoms with Gasteiger partial charge in [-0.3, -0.25) is 4.98 Å². The number of fused-ring (bicyclic) bond motifs is 1. The van der Waals surface area contributed by atoms with Gasteiger partial charge in [0.15, 0.2) is 9.84 Å². The Morgan fingerprint density at radius 1 is 1.44 bits per heavy atom. The Morgan fingerprint density at radius 3 is 2.96 bits per heavy atom. The number of aryl methyl sites for hydroxylation is 1. The molecule has 0 saturated carbocycles. The predicted molar refractivity (Wildman–Crippen MR) is 99.8 cm³/mol. The Hall–Kier alpha value is -2.24. The lowest BCUT2D eigenvalue weighted by Crippen LogP contribution is -2.45. The van der Waals surface area contributed by atoms with Gasteiger partial charge in [0.05, 0.1) is 33.9 Å². The molecular formula is C19H20FN3O3S. The van der Waals surface area contributed by atoms with Crippen LogP contribution in [0.4, 0.5) is 10.1 Å². The van der Waals surface area contributed by atoms with Crippen molar-refractivity contribution in [3.8, 4) is 6.07 Å². The van der Waals surface area contributed by atoms with Gasteiger partial charge in [-0.1, -0.05) is 0 Å². The Labute approximate surface area is 157 Å². The van der Waals surface area contributed by atoms with E-state index >= 15 is 0 Å². The fraction of sp³-hybridized carbons (Fsp3) is 0.474. The third-order valence-corrected chi connectivity index (χ3v) is 7.23. The number of sulfone groups is 1. The molecule has 2 saturated heterocycles. The molecule has 0 aliphatic carbocycles. The quantitative estimate of drug-likeness (QED) is 0.849. The van der Waals surface area contributed by atoms with Crippen LogP contribution < -0.4 is 5.32 Å². The van der Waals surface area contributed by atoms with Crippen LogP contribution in [0.25, 0.3) is 10.9 Å². The first kappa shape index (κ1) is 18.1. The number of hydrogen-bond donors (Lipinski definition) is 1. The Bertz CT molecular complexity index is 1060. The number of ether oxygens (including phenoxy) is 1. The summed E-state index contributed by atoms with van der Waals surface area (Å²) in [6.07, 6.45) is 3.20. The average molecular weight is 389 g/mol. The summed E-state index contributed by atoms with van der Waals surface area (Å²) in [5, 5.41) is 13.4. The molecule has 1 aromatic carbocycles. The van der Waals surface area contributed by atoms with Crippen LogP contribution in [0.2, 0.25) is 0 Å². The molecule has 1 N–H and O–H groups in total. The molecule has 3 heterocycles. The van der Waals surface area contributed by atoms with Crippen LogP contribution in [0.15, 0.2) is 18.3 Å². The van der Waals surface area contributed by atoms with Crippen molar-refractivity contribution in [2.24, 2.45) is 0 Å². The van der Waals surface area contributed by atoms with Crippen LogP contribution in [0.5, 0.6) is 0 Å². The van der Waals surface area contributed by atoms with E-state index in [0.29, 0.717) is 53.6 Å². The summed E-state index contributed by atoms with van der Waals surface area (Å²) < 4.78 is 43.7. The molecule has 2 fully saturated rings. The van der Waals surface area contributed by atoms with Crippen molar-refractivity contribution in [3.63, 3.8) is 0 Å². The van der Waals surface area contributed by atoms with Gasteiger partial charge in [0.1, 0.15) is 11.9 Å². The fourth-order valence-electron chi connectivity index (χ4n) is 4.19. The average Bonchev–Trinajstić information content (AvgIpc) is 2.89. The van der Waals surface area contributed by atoms with Crippen LogP contribution in [0.3, 0.4) is 0 Å². The maximum absolute atomic E-state index is 14.0. The minimum atomic E-state index is -3.07. The molecule has 0 radical (unpaired) electrons. The third-order valence-electron chi connectivity index (χ3n) is 5.44. The molecule has 4 rings (SSSR count). The molecule has 6 nitrogen and oxygen atoms in total. The number of nitrogens with zero attached hydrogens (tertiary/aromatic N) is 2. The molecule has 0 amide bonds. The van der Waals surface area contributed by atoms with Crippen LogP contribution in [-0.2, 0) is 14.6 Å². The van der Waals surface area contributed by atoms with Crippen molar-refractivity contribution >= 4 is 26.4 Å². The highest BCUT2D eigenvalue weighted by molar-refractivity contribution is 7.91. The molecule has 1 aromatic heterocycles. The predicted octanol–water partition coefficient (Wildman–Crippen LogP) is 2.70. The standard InChI is InChI=1S/C19H20FN3O3S/c1-12-6-14(20)7-16-17(12)22-10-13(9-21)18(16)23-15-2-4-26-19(8-15)3-5-27(24,25)11-19/h6-7,10,15H,2-5,8,11H2,1H3,(H,22,23)/t15-,19-/m1/s1. The van der Waals surface area contributed by atoms with E-state index in [0.717, 1.165) is 0 Å². The molecule has 8 heteroatoms. The lowest BCUT2D eigenvalue weighted by atomic mass is 9.89. The molecule has 2 atom stereocenters. The van der Waals surface area contributed by atoms with Gasteiger partial charge in [0, 0.05) is 24.2 Å². The summed E-state index contributed by atoms with van der Waals surface area (Å²) in [6.45, 7) is 2.23. The zero-order chi connectivity index (χ0) is 19.2. The smallest absolute Gasteiger partial charge is 0.153 e. The fourth-order valence-corrected chi connectivity index (χ4v) is 6.17. The lowest BCUT2D eigenvalue weighted by molar-refractivity contribution is -0.0631. The van der Waals surface area contributed by atoms with E-state index in [1.165, 1.54) is 18.3 Å². The van der Waals surface area contributed by atoms with Gasteiger partial charge in [-0.05, 0) is 43.9 Å². The van der Waals surface area contributed by atoms with E-state index in [9.17, 15) is 18.1 Å². The number of rotatable bonds is 2. The summed E-state index contributed by atoms with van der Waals surface area (Å²) in [7, 11) is -3.07. The summed E-state index contributed by atoms with van der Waals surface area (Å²) in [6, 6.07) is 4.85. The number of nitrogens with one attached hydrogen (secondary N) is 1. The van der Waals surface area contributed by atoms with Crippen LogP contribution >= 0.6 is 0 Å². The van der Waals surface area contributed by atoms with E-state index in [1.54, 1.807) is 6.92 Å². The normalized spacial score (nSPS) is 26.9. The zero-order valence-corrected chi connectivity index (χ0v) is 15.8. The van der Waals surface area contributed by atoms with E-state index in [-0.39, 0.29) is 23.4 Å². The van der Waals surface area contributed by atoms with Crippen molar-refractivity contribution in [1.82, 2.24) is 4.98 Å². The van der Waals surface area contributed by atoms with Gasteiger partial charge in [-0.25, -0.2) is 12.8 Å². The number of hydrogen-bond acceptors (Lipinski definition) is 6. The third kappa shape index (κ3) is 3.37. The molecule has 1 spiro atoms. The molecular weight excluding hydrogens is 369 g/mol. The first-order chi connectivity index (χ1) is 12.8. The van der Waals surface area contributed by atoms with Crippen molar-refractivity contribution in [1.29, 1.82) is 5.26 Å². The Morgan fingerprint density at radius 2 is 2.26 bits per heavy atom. The van der Waals surface area contributed by atoms with Crippen LogP contribution in [0.1, 0.15) is 30.4 Å². The van der Waals surface area contributed by atoms with Crippen molar-refractivity contribution in [3.05, 3.63) is 35.3 Å². The van der Waals surface area contributed by atoms with E-state index in [4.69, 9.17) is 4.74 Å². The number of anilines is 1. The number of pyridine rings is 1. The second kappa shape index (κ2) is 6.43. The molecule has 2 aliphatic rings. The topological polar surface area (TPSA) is 92.1 Å². The maximum Gasteiger partial charge on any atom is 0.153 e. The van der Waals surface area contributed by atoms with E-state index in [2.05, 4.69) is 16.4 Å². The van der Waals surface area contributed by atoms with Crippen molar-refractivity contribution in [2.75, 3.05) is 23.4 Å². The minimum Gasteiger partial charge on any atom is -0.380 e. The maximum atomic E-state index is 14.0. The van der Waals surface area contributed by atoms with Gasteiger partial charge in [0.2, 0.25) is 0 Å². The highest BCUT2D eigenvalue weighted by atomic mass is 32.2. The first-order valence-corrected chi connectivity index (χ1v) is 10.7. The monoisotopic (exact) mass is 389 g/mol. The summed E-state index contributed by atoms with van der Waals surface area (Å²) in [5.74, 6) is -0.204. The van der Waals surface area contributed by atoms with E-state index in [1.807, 2.05) is 0 Å². The summed E-state index contributed by atoms with van der Waals surface area (Å²) >= 11 is 0. The Kier molecular flexibility index (Phi) is 4.32. The van der Waals surface area contributed by atoms with Gasteiger partial charge >= 0.3 is 0 Å². The van der Waals surface area contributed by atoms with Gasteiger partial charge in [-0.2, -0.15) is 5.26 Å². The number of halogens is 1. The number of nitriles is 1. The van der Waals surface area contributed by atoms with Gasteiger partial charge < -0.3 is 10.1 Å². The number of benzene rings is 1. The number of aromatic nitrogens is 1. The largest absolute Gasteiger partial charge is 0.380 e. The highest BCUT2D eigenvalue weighted by Crippen LogP contribution is 2.38. The molecule has 2 aliphatic heterocycles. The molecule has 0 unspecified atom stereocenters. The summed E-state index contributed by atoms with van der Waals surface area (Å²) in [5.41, 5.74) is 1.57. The second-order valence-electron chi connectivity index (χ2n) is 7.49. The summed E-state index contributed by atoms with van der Waals surface area (Å²) in [4.78, 5) is 4.30. The van der Waals surface area contributed by atoms with Gasteiger partial charge in [0.25, 0.3) is 0 Å². The SMILES string of the molecule is Cc1cc(F)cc2c(N[C@@H]3CCO[C@]4(CCS(=O)(=O)C4)C3)c(C#N)cnc12. The van der Waals surface area contributed by atoms with Crippen molar-refractivity contribution < 1.29 is 17.5 Å². The molecule has 2 aromatic rings. The Balaban J connectivity index is 1.70. The van der Waals surface area contributed by atoms with Crippen molar-refractivity contribution in [2.45, 2.75) is 37.8 Å². The van der Waals surface area contributed by atoms with Gasteiger partial charge in [-0.15, -0.1) is 0 Å². The second-order valence-corrected chi connectivity index (χ2v) is 9.67. The van der Waals surface area contributed by atoms with Crippen LogP contribution in [-0.4, -0.2) is 43.2 Å². The molecule has 142 valence electrons. The minimum absolute atomic E-state index is 0.0358. The molecule has 27 heavy (non-hydrogen) atoms. The van der Waals surface area contributed by atoms with E-state index < -0.39 is 15.4 Å². The zero-order valence-electron chi connectivity index (χ0n) is 15.0. The highest BCUT2D eigenvalue weighted by Gasteiger charge is 2.46. The lowest BCUT2D eigenvalue weighted by Gasteiger charge is -2.38. The molecule has 0 bridgehead atoms. The first-order valence-electron chi connectivity index (χ1n) is 8.91.